The van der Waals surface area contributed by atoms with E-state index in [2.05, 4.69) is 5.32 Å². The van der Waals surface area contributed by atoms with Crippen molar-refractivity contribution in [2.24, 2.45) is 5.41 Å². The van der Waals surface area contributed by atoms with Gasteiger partial charge in [-0.1, -0.05) is 25.3 Å². The van der Waals surface area contributed by atoms with E-state index in [9.17, 15) is 13.5 Å². The van der Waals surface area contributed by atoms with Crippen LogP contribution in [0.25, 0.3) is 0 Å². The summed E-state index contributed by atoms with van der Waals surface area (Å²) >= 11 is 0. The molecular weight excluding hydrogens is 262 g/mol. The first kappa shape index (κ1) is 12.8. The van der Waals surface area contributed by atoms with E-state index < -0.39 is 9.84 Å². The molecule has 0 aromatic heterocycles. The van der Waals surface area contributed by atoms with Crippen LogP contribution in [0.1, 0.15) is 32.1 Å². The third-order valence-electron chi connectivity index (χ3n) is 4.39. The number of nitrogens with one attached hydrogen (secondary N) is 1. The Kier molecular flexibility index (Phi) is 2.96. The number of hydrogen-bond donors (Lipinski definition) is 2. The minimum Gasteiger partial charge on any atom is -0.506 e. The van der Waals surface area contributed by atoms with Crippen LogP contribution >= 0.6 is 0 Å². The van der Waals surface area contributed by atoms with Gasteiger partial charge in [-0.05, 0) is 25.0 Å². The minimum atomic E-state index is -3.33. The van der Waals surface area contributed by atoms with Crippen molar-refractivity contribution in [1.82, 2.24) is 0 Å². The van der Waals surface area contributed by atoms with Crippen molar-refractivity contribution in [2.75, 3.05) is 17.6 Å². The van der Waals surface area contributed by atoms with Gasteiger partial charge >= 0.3 is 0 Å². The van der Waals surface area contributed by atoms with Gasteiger partial charge in [-0.2, -0.15) is 0 Å². The van der Waals surface area contributed by atoms with Crippen LogP contribution in [0, 0.1) is 5.41 Å². The number of benzene rings is 1. The fraction of sp³-hybridized carbons (Fsp3) is 0.571. The first-order valence-electron chi connectivity index (χ1n) is 6.81. The molecule has 1 saturated carbocycles. The Morgan fingerprint density at radius 3 is 2.63 bits per heavy atom. The maximum atomic E-state index is 12.6. The second-order valence-electron chi connectivity index (χ2n) is 5.82. The van der Waals surface area contributed by atoms with Crippen molar-refractivity contribution in [1.29, 1.82) is 0 Å². The predicted octanol–water partition coefficient (Wildman–Crippen LogP) is 2.54. The lowest BCUT2D eigenvalue weighted by molar-refractivity contribution is 0.237. The lowest BCUT2D eigenvalue weighted by Gasteiger charge is -2.35. The maximum absolute atomic E-state index is 12.6. The van der Waals surface area contributed by atoms with Gasteiger partial charge in [-0.3, -0.25) is 0 Å². The van der Waals surface area contributed by atoms with Gasteiger partial charge in [-0.25, -0.2) is 8.42 Å². The molecule has 3 rings (SSSR count). The Hall–Kier alpha value is -1.23. The summed E-state index contributed by atoms with van der Waals surface area (Å²) in [6.45, 7) is 0.636. The SMILES string of the molecule is O=S1(=O)CC2(CCCCC2)CNc2c(O)cccc21. The molecule has 0 saturated heterocycles. The average molecular weight is 281 g/mol. The van der Waals surface area contributed by atoms with Gasteiger partial charge in [0.1, 0.15) is 5.75 Å². The quantitative estimate of drug-likeness (QED) is 0.717. The summed E-state index contributed by atoms with van der Waals surface area (Å²) in [4.78, 5) is 0.245. The molecule has 1 fully saturated rings. The summed E-state index contributed by atoms with van der Waals surface area (Å²) in [5.41, 5.74) is 0.215. The van der Waals surface area contributed by atoms with Crippen LogP contribution < -0.4 is 5.32 Å². The number of phenols is 1. The molecule has 2 N–H and O–H groups in total. The molecule has 2 aliphatic rings. The second-order valence-corrected chi connectivity index (χ2v) is 7.78. The number of aromatic hydroxyl groups is 1. The van der Waals surface area contributed by atoms with Gasteiger partial charge in [0.15, 0.2) is 9.84 Å². The molecular formula is C14H19NO3S. The molecule has 0 unspecified atom stereocenters. The summed E-state index contributed by atoms with van der Waals surface area (Å²) in [7, 11) is -3.33. The summed E-state index contributed by atoms with van der Waals surface area (Å²) in [6, 6.07) is 4.70. The normalized spacial score (nSPS) is 24.2. The number of phenolic OH excluding ortho intramolecular Hbond substituents is 1. The minimum absolute atomic E-state index is 0.0222. The second kappa shape index (κ2) is 4.40. The molecule has 0 bridgehead atoms. The number of rotatable bonds is 0. The Labute approximate surface area is 113 Å². The fourth-order valence-corrected chi connectivity index (χ4v) is 5.51. The average Bonchev–Trinajstić information content (AvgIpc) is 2.47. The number of sulfone groups is 1. The predicted molar refractivity (Wildman–Crippen MR) is 74.2 cm³/mol. The van der Waals surface area contributed by atoms with Crippen LogP contribution in [0.2, 0.25) is 0 Å². The number of fused-ring (bicyclic) bond motifs is 1. The first-order valence-corrected chi connectivity index (χ1v) is 8.46. The van der Waals surface area contributed by atoms with Gasteiger partial charge < -0.3 is 10.4 Å². The van der Waals surface area contributed by atoms with Crippen LogP contribution in [-0.4, -0.2) is 25.8 Å². The highest BCUT2D eigenvalue weighted by Crippen LogP contribution is 2.44. The largest absolute Gasteiger partial charge is 0.506 e. The Morgan fingerprint density at radius 1 is 1.16 bits per heavy atom. The van der Waals surface area contributed by atoms with Crippen LogP contribution in [0.5, 0.6) is 5.75 Å². The van der Waals surface area contributed by atoms with Crippen molar-refractivity contribution in [3.05, 3.63) is 18.2 Å². The molecule has 0 radical (unpaired) electrons. The summed E-state index contributed by atoms with van der Waals surface area (Å²) in [5.74, 6) is 0.220. The van der Waals surface area contributed by atoms with E-state index >= 15 is 0 Å². The molecule has 1 spiro atoms. The van der Waals surface area contributed by atoms with Gasteiger partial charge in [0.05, 0.1) is 16.3 Å². The lowest BCUT2D eigenvalue weighted by atomic mass is 9.75. The van der Waals surface area contributed by atoms with Crippen LogP contribution in [0.15, 0.2) is 23.1 Å². The Balaban J connectivity index is 2.06. The number of para-hydroxylation sites is 1. The molecule has 1 aliphatic heterocycles. The number of hydrogen-bond acceptors (Lipinski definition) is 4. The van der Waals surface area contributed by atoms with Crippen molar-refractivity contribution in [3.8, 4) is 5.75 Å². The highest BCUT2D eigenvalue weighted by Gasteiger charge is 2.40. The first-order chi connectivity index (χ1) is 9.03. The maximum Gasteiger partial charge on any atom is 0.181 e. The van der Waals surface area contributed by atoms with E-state index in [1.807, 2.05) is 0 Å². The summed E-state index contributed by atoms with van der Waals surface area (Å²) in [6.07, 6.45) is 5.29. The topological polar surface area (TPSA) is 66.4 Å². The Morgan fingerprint density at radius 2 is 1.89 bits per heavy atom. The van der Waals surface area contributed by atoms with E-state index in [-0.39, 0.29) is 21.8 Å². The molecule has 0 amide bonds. The van der Waals surface area contributed by atoms with E-state index in [1.54, 1.807) is 12.1 Å². The van der Waals surface area contributed by atoms with Crippen LogP contribution in [-0.2, 0) is 9.84 Å². The van der Waals surface area contributed by atoms with Crippen molar-refractivity contribution < 1.29 is 13.5 Å². The monoisotopic (exact) mass is 281 g/mol. The van der Waals surface area contributed by atoms with E-state index in [0.29, 0.717) is 12.2 Å². The highest BCUT2D eigenvalue weighted by atomic mass is 32.2. The van der Waals surface area contributed by atoms with E-state index in [4.69, 9.17) is 0 Å². The van der Waals surface area contributed by atoms with Crippen molar-refractivity contribution in [3.63, 3.8) is 0 Å². The van der Waals surface area contributed by atoms with Gasteiger partial charge in [-0.15, -0.1) is 0 Å². The van der Waals surface area contributed by atoms with Crippen molar-refractivity contribution >= 4 is 15.5 Å². The molecule has 5 heteroatoms. The zero-order valence-corrected chi connectivity index (χ0v) is 11.7. The van der Waals surface area contributed by atoms with Gasteiger partial charge in [0.2, 0.25) is 0 Å². The zero-order valence-electron chi connectivity index (χ0n) is 10.9. The fourth-order valence-electron chi connectivity index (χ4n) is 3.39. The zero-order chi connectivity index (χ0) is 13.5. The third kappa shape index (κ3) is 2.20. The molecule has 104 valence electrons. The van der Waals surface area contributed by atoms with Crippen LogP contribution in [0.3, 0.4) is 0 Å². The molecule has 1 aliphatic carbocycles. The van der Waals surface area contributed by atoms with E-state index in [1.165, 1.54) is 12.5 Å². The standard InChI is InChI=1S/C14H19NO3S/c16-11-5-4-6-12-13(11)15-9-14(10-19(12,17)18)7-2-1-3-8-14/h4-6,15-16H,1-3,7-10H2. The Bertz CT molecular complexity index is 589. The van der Waals surface area contributed by atoms with Gasteiger partial charge in [0, 0.05) is 12.0 Å². The van der Waals surface area contributed by atoms with Gasteiger partial charge in [0.25, 0.3) is 0 Å². The third-order valence-corrected chi connectivity index (χ3v) is 6.39. The smallest absolute Gasteiger partial charge is 0.181 e. The van der Waals surface area contributed by atoms with Crippen LogP contribution in [0.4, 0.5) is 5.69 Å². The van der Waals surface area contributed by atoms with E-state index in [0.717, 1.165) is 25.7 Å². The molecule has 1 aromatic rings. The highest BCUT2D eigenvalue weighted by molar-refractivity contribution is 7.91. The number of anilines is 1. The molecule has 0 atom stereocenters. The molecule has 19 heavy (non-hydrogen) atoms. The summed E-state index contributed by atoms with van der Waals surface area (Å²) < 4.78 is 25.1. The molecule has 1 aromatic carbocycles. The van der Waals surface area contributed by atoms with Crippen molar-refractivity contribution in [2.45, 2.75) is 37.0 Å². The molecule has 4 nitrogen and oxygen atoms in total. The lowest BCUT2D eigenvalue weighted by Crippen LogP contribution is -2.36. The summed E-state index contributed by atoms with van der Waals surface area (Å²) in [5, 5.41) is 13.1. The molecule has 1 heterocycles.